The molecule has 0 bridgehead atoms. The monoisotopic (exact) mass is 490 g/mol. The van der Waals surface area contributed by atoms with E-state index < -0.39 is 58.8 Å². The fourth-order valence-electron chi connectivity index (χ4n) is 2.86. The molecule has 9 nitrogen and oxygen atoms in total. The first-order chi connectivity index (χ1) is 15.5. The van der Waals surface area contributed by atoms with Crippen LogP contribution < -0.4 is 0 Å². The van der Waals surface area contributed by atoms with Crippen LogP contribution in [0.5, 0.6) is 0 Å². The number of hydrogen-bond donors (Lipinski definition) is 1. The number of aliphatic hydroxyl groups excluding tert-OH is 1. The Bertz CT molecular complexity index is 1070. The lowest BCUT2D eigenvalue weighted by Crippen LogP contribution is -2.58. The average Bonchev–Trinajstić information content (AvgIpc) is 2.78. The van der Waals surface area contributed by atoms with E-state index in [9.17, 15) is 36.3 Å². The van der Waals surface area contributed by atoms with Gasteiger partial charge in [-0.3, -0.25) is 4.18 Å². The summed E-state index contributed by atoms with van der Waals surface area (Å²) >= 11 is 0. The fraction of sp³-hybridized carbons (Fsp3) is 0.300. The second-order valence-electron chi connectivity index (χ2n) is 6.73. The second-order valence-corrected chi connectivity index (χ2v) is 8.29. The summed E-state index contributed by atoms with van der Waals surface area (Å²) in [7, 11) is -6.15. The van der Waals surface area contributed by atoms with Gasteiger partial charge in [-0.05, 0) is 24.3 Å². The molecule has 2 aromatic carbocycles. The number of carbonyl (C=O) groups excluding carboxylic acids is 2. The summed E-state index contributed by atoms with van der Waals surface area (Å²) in [5.41, 5.74) is -5.82. The topological polar surface area (TPSA) is 125 Å². The number of ether oxygens (including phenoxy) is 3. The summed E-state index contributed by atoms with van der Waals surface area (Å²) in [4.78, 5) is 25.0. The van der Waals surface area contributed by atoms with E-state index in [2.05, 4.69) is 4.18 Å². The predicted octanol–water partition coefficient (Wildman–Crippen LogP) is 2.02. The number of esters is 2. The third-order valence-corrected chi connectivity index (χ3v) is 5.51. The number of alkyl halides is 3. The van der Waals surface area contributed by atoms with E-state index in [0.717, 1.165) is 0 Å². The highest BCUT2D eigenvalue weighted by Crippen LogP contribution is 2.31. The molecule has 0 aromatic heterocycles. The van der Waals surface area contributed by atoms with Crippen molar-refractivity contribution in [2.24, 2.45) is 0 Å². The van der Waals surface area contributed by atoms with Gasteiger partial charge in [0, 0.05) is 0 Å². The zero-order valence-electron chi connectivity index (χ0n) is 16.5. The molecule has 2 aromatic rings. The molecule has 4 atom stereocenters. The van der Waals surface area contributed by atoms with Gasteiger partial charge >= 0.3 is 27.6 Å². The third-order valence-electron chi connectivity index (χ3n) is 4.44. The maximum Gasteiger partial charge on any atom is 0.523 e. The number of rotatable bonds is 6. The second kappa shape index (κ2) is 9.87. The van der Waals surface area contributed by atoms with Crippen LogP contribution in [0, 0.1) is 0 Å². The van der Waals surface area contributed by atoms with Crippen LogP contribution >= 0.6 is 0 Å². The number of hydrogen-bond acceptors (Lipinski definition) is 9. The number of aliphatic hydroxyl groups is 1. The van der Waals surface area contributed by atoms with Crippen LogP contribution in [-0.4, -0.2) is 62.2 Å². The van der Waals surface area contributed by atoms with Gasteiger partial charge in [-0.25, -0.2) is 9.59 Å². The first kappa shape index (κ1) is 24.6. The lowest BCUT2D eigenvalue weighted by Gasteiger charge is -2.38. The Hall–Kier alpha value is -3.00. The lowest BCUT2D eigenvalue weighted by atomic mass is 10.0. The van der Waals surface area contributed by atoms with E-state index in [4.69, 9.17) is 14.2 Å². The minimum Gasteiger partial charge on any atom is -0.452 e. The number of halogens is 3. The highest BCUT2D eigenvalue weighted by Gasteiger charge is 2.53. The van der Waals surface area contributed by atoms with Gasteiger partial charge in [-0.2, -0.15) is 21.6 Å². The highest BCUT2D eigenvalue weighted by molar-refractivity contribution is 7.87. The first-order valence-corrected chi connectivity index (χ1v) is 10.7. The van der Waals surface area contributed by atoms with Crippen LogP contribution in [0.1, 0.15) is 20.7 Å². The van der Waals surface area contributed by atoms with Gasteiger partial charge in [0.15, 0.2) is 18.5 Å². The van der Waals surface area contributed by atoms with Crippen molar-refractivity contribution in [3.8, 4) is 0 Å². The van der Waals surface area contributed by atoms with Gasteiger partial charge in [0.05, 0.1) is 17.7 Å². The van der Waals surface area contributed by atoms with Crippen molar-refractivity contribution >= 4 is 22.1 Å². The van der Waals surface area contributed by atoms with Crippen LogP contribution in [0.25, 0.3) is 0 Å². The quantitative estimate of drug-likeness (QED) is 0.368. The van der Waals surface area contributed by atoms with Crippen molar-refractivity contribution in [2.45, 2.75) is 30.1 Å². The number of benzene rings is 2. The standard InChI is InChI=1S/C20H17F3O9S/c21-20(22,23)33(27,28)32-14-11-29-19(26)16(31-18(25)13-9-5-2-6-10-13)15(14)30-17(24)12-7-3-1-4-8-12/h1-10,14-16,19,26H,11H2/t14-,15?,16?,19-/m1/s1. The highest BCUT2D eigenvalue weighted by atomic mass is 32.2. The molecule has 0 radical (unpaired) electrons. The third kappa shape index (κ3) is 5.87. The van der Waals surface area contributed by atoms with Gasteiger partial charge in [-0.1, -0.05) is 36.4 Å². The van der Waals surface area contributed by atoms with Crippen LogP contribution in [0.2, 0.25) is 0 Å². The van der Waals surface area contributed by atoms with E-state index in [0.29, 0.717) is 0 Å². The van der Waals surface area contributed by atoms with Crippen molar-refractivity contribution in [3.63, 3.8) is 0 Å². The minimum atomic E-state index is -6.15. The van der Waals surface area contributed by atoms with Gasteiger partial charge in [0.1, 0.15) is 6.10 Å². The molecule has 0 saturated carbocycles. The Labute approximate surface area is 185 Å². The predicted molar refractivity (Wildman–Crippen MR) is 103 cm³/mol. The molecule has 0 spiro atoms. The van der Waals surface area contributed by atoms with E-state index in [1.54, 1.807) is 12.1 Å². The molecule has 3 rings (SSSR count). The fourth-order valence-corrected chi connectivity index (χ4v) is 3.46. The maximum atomic E-state index is 12.9. The first-order valence-electron chi connectivity index (χ1n) is 9.31. The molecule has 33 heavy (non-hydrogen) atoms. The molecule has 1 aliphatic heterocycles. The Balaban J connectivity index is 1.91. The van der Waals surface area contributed by atoms with Crippen molar-refractivity contribution in [2.75, 3.05) is 6.61 Å². The van der Waals surface area contributed by atoms with E-state index >= 15 is 0 Å². The van der Waals surface area contributed by atoms with Crippen molar-refractivity contribution in [1.82, 2.24) is 0 Å². The number of carbonyl (C=O) groups is 2. The van der Waals surface area contributed by atoms with Crippen molar-refractivity contribution < 1.29 is 54.7 Å². The molecular formula is C20H17F3O9S. The molecule has 1 N–H and O–H groups in total. The zero-order chi connectivity index (χ0) is 24.2. The van der Waals surface area contributed by atoms with Gasteiger partial charge in [-0.15, -0.1) is 0 Å². The van der Waals surface area contributed by atoms with Gasteiger partial charge < -0.3 is 19.3 Å². The lowest BCUT2D eigenvalue weighted by molar-refractivity contribution is -0.247. The molecule has 0 aliphatic carbocycles. The minimum absolute atomic E-state index is 0.00351. The van der Waals surface area contributed by atoms with Crippen molar-refractivity contribution in [1.29, 1.82) is 0 Å². The Morgan fingerprint density at radius 2 is 1.33 bits per heavy atom. The van der Waals surface area contributed by atoms with Gasteiger partial charge in [0.25, 0.3) is 0 Å². The summed E-state index contributed by atoms with van der Waals surface area (Å²) in [5.74, 6) is -2.13. The van der Waals surface area contributed by atoms with E-state index in [1.165, 1.54) is 48.5 Å². The molecule has 1 aliphatic rings. The van der Waals surface area contributed by atoms with E-state index in [1.807, 2.05) is 0 Å². The van der Waals surface area contributed by atoms with Crippen LogP contribution in [-0.2, 0) is 28.5 Å². The normalized spacial score (nSPS) is 23.5. The largest absolute Gasteiger partial charge is 0.523 e. The van der Waals surface area contributed by atoms with Gasteiger partial charge in [0.2, 0.25) is 0 Å². The zero-order valence-corrected chi connectivity index (χ0v) is 17.4. The molecule has 1 saturated heterocycles. The Kier molecular flexibility index (Phi) is 7.37. The molecule has 0 amide bonds. The van der Waals surface area contributed by atoms with Crippen molar-refractivity contribution in [3.05, 3.63) is 71.8 Å². The summed E-state index contributed by atoms with van der Waals surface area (Å²) in [6, 6.07) is 14.5. The molecule has 1 fully saturated rings. The molecule has 178 valence electrons. The Morgan fingerprint density at radius 1 is 0.879 bits per heavy atom. The molecule has 2 unspecified atom stereocenters. The maximum absolute atomic E-state index is 12.9. The average molecular weight is 490 g/mol. The summed E-state index contributed by atoms with van der Waals surface area (Å²) in [6.45, 7) is -0.914. The van der Waals surface area contributed by atoms with E-state index in [-0.39, 0.29) is 11.1 Å². The summed E-state index contributed by atoms with van der Waals surface area (Å²) < 4.78 is 81.0. The van der Waals surface area contributed by atoms with Crippen LogP contribution in [0.3, 0.4) is 0 Å². The SMILES string of the molecule is O=C(OC1C(OC(=O)c2ccccc2)[C@H](OS(=O)(=O)C(F)(F)F)CO[C@H]1O)c1ccccc1. The van der Waals surface area contributed by atoms with Crippen LogP contribution in [0.4, 0.5) is 13.2 Å². The molecule has 13 heteroatoms. The summed E-state index contributed by atoms with van der Waals surface area (Å²) in [6.07, 6.45) is -7.92. The van der Waals surface area contributed by atoms with Crippen LogP contribution in [0.15, 0.2) is 60.7 Å². The molecular weight excluding hydrogens is 473 g/mol. The summed E-state index contributed by atoms with van der Waals surface area (Å²) in [5, 5.41) is 10.2. The smallest absolute Gasteiger partial charge is 0.452 e. The molecule has 1 heterocycles. The Morgan fingerprint density at radius 3 is 1.79 bits per heavy atom.